The van der Waals surface area contributed by atoms with Gasteiger partial charge in [-0.2, -0.15) is 0 Å². The maximum absolute atomic E-state index is 13.1. The molecule has 0 bridgehead atoms. The van der Waals surface area contributed by atoms with E-state index >= 15 is 0 Å². The Bertz CT molecular complexity index is 764. The average molecular weight is 419 g/mol. The summed E-state index contributed by atoms with van der Waals surface area (Å²) < 4.78 is 18.6. The van der Waals surface area contributed by atoms with Gasteiger partial charge in [-0.05, 0) is 77.1 Å². The summed E-state index contributed by atoms with van der Waals surface area (Å²) in [6, 6.07) is 5.77. The number of likely N-dealkylation sites (tertiary alicyclic amines) is 2. The summed E-state index contributed by atoms with van der Waals surface area (Å²) in [6.45, 7) is 6.57. The van der Waals surface area contributed by atoms with E-state index in [1.54, 1.807) is 11.8 Å². The van der Waals surface area contributed by atoms with Crippen molar-refractivity contribution in [2.45, 2.75) is 71.1 Å². The van der Waals surface area contributed by atoms with Crippen molar-refractivity contribution in [2.24, 2.45) is 5.92 Å². The van der Waals surface area contributed by atoms with E-state index in [1.165, 1.54) is 24.3 Å². The lowest BCUT2D eigenvalue weighted by Gasteiger charge is -2.40. The van der Waals surface area contributed by atoms with Gasteiger partial charge in [0.1, 0.15) is 5.82 Å². The van der Waals surface area contributed by atoms with Crippen LogP contribution in [0.15, 0.2) is 24.3 Å². The molecule has 2 amide bonds. The Kier molecular flexibility index (Phi) is 7.10. The van der Waals surface area contributed by atoms with Crippen molar-refractivity contribution in [3.05, 3.63) is 35.6 Å². The molecule has 6 nitrogen and oxygen atoms in total. The maximum atomic E-state index is 13.1. The first-order chi connectivity index (χ1) is 14.3. The second-order valence-electron chi connectivity index (χ2n) is 8.53. The molecule has 0 spiro atoms. The zero-order chi connectivity index (χ0) is 21.8. The van der Waals surface area contributed by atoms with Gasteiger partial charge in [0.05, 0.1) is 5.92 Å². The topological polar surface area (TPSA) is 66.9 Å². The summed E-state index contributed by atoms with van der Waals surface area (Å²) in [5.74, 6) is -1.38. The second kappa shape index (κ2) is 9.58. The molecule has 3 rings (SSSR count). The number of carbonyl (C=O) groups is 3. The molecule has 7 heteroatoms. The number of amides is 2. The Morgan fingerprint density at radius 2 is 1.57 bits per heavy atom. The molecule has 0 aromatic heterocycles. The number of hydrogen-bond donors (Lipinski definition) is 0. The van der Waals surface area contributed by atoms with Gasteiger partial charge in [-0.15, -0.1) is 0 Å². The first kappa shape index (κ1) is 22.2. The number of rotatable bonds is 4. The number of ether oxygens (including phenoxy) is 1. The summed E-state index contributed by atoms with van der Waals surface area (Å²) in [4.78, 5) is 41.5. The number of benzene rings is 1. The highest BCUT2D eigenvalue weighted by Crippen LogP contribution is 2.25. The van der Waals surface area contributed by atoms with Gasteiger partial charge in [-0.1, -0.05) is 0 Å². The average Bonchev–Trinajstić information content (AvgIpc) is 2.73. The highest BCUT2D eigenvalue weighted by atomic mass is 19.1. The summed E-state index contributed by atoms with van der Waals surface area (Å²) in [6.07, 6.45) is 3.22. The van der Waals surface area contributed by atoms with E-state index in [2.05, 4.69) is 0 Å². The third-order valence-electron chi connectivity index (χ3n) is 6.30. The number of halogens is 1. The maximum Gasteiger partial charge on any atom is 0.309 e. The Morgan fingerprint density at radius 1 is 1.00 bits per heavy atom. The quantitative estimate of drug-likeness (QED) is 0.703. The van der Waals surface area contributed by atoms with Crippen molar-refractivity contribution in [2.75, 3.05) is 13.1 Å². The highest BCUT2D eigenvalue weighted by molar-refractivity contribution is 5.94. The van der Waals surface area contributed by atoms with Crippen LogP contribution in [0.5, 0.6) is 0 Å². The number of carbonyl (C=O) groups excluding carboxylic acids is 3. The third kappa shape index (κ3) is 4.99. The normalized spacial score (nSPS) is 23.7. The Hall–Kier alpha value is -2.44. The summed E-state index contributed by atoms with van der Waals surface area (Å²) >= 11 is 0. The van der Waals surface area contributed by atoms with Gasteiger partial charge in [-0.3, -0.25) is 14.4 Å². The SMILES string of the molecule is C[C@@H](OC(=O)C1CCN(C(=O)c2ccc(F)cc2)CC1)C(=O)N1[C@@H](C)CCC[C@@H]1C. The molecule has 2 heterocycles. The number of esters is 1. The number of piperidine rings is 2. The standard InChI is InChI=1S/C23H31FN2O4/c1-15-5-4-6-16(2)26(15)21(27)17(3)30-23(29)19-11-13-25(14-12-19)22(28)18-7-9-20(24)10-8-18/h7-10,15-17,19H,4-6,11-14H2,1-3H3/t15-,16-,17+/m0/s1. The summed E-state index contributed by atoms with van der Waals surface area (Å²) in [5, 5.41) is 0. The minimum absolute atomic E-state index is 0.132. The van der Waals surface area contributed by atoms with Crippen LogP contribution in [-0.2, 0) is 14.3 Å². The predicted octanol–water partition coefficient (Wildman–Crippen LogP) is 3.40. The first-order valence-electron chi connectivity index (χ1n) is 10.9. The van der Waals surface area contributed by atoms with Crippen LogP contribution in [0, 0.1) is 11.7 Å². The van der Waals surface area contributed by atoms with Crippen LogP contribution in [0.25, 0.3) is 0 Å². The van der Waals surface area contributed by atoms with Crippen molar-refractivity contribution < 1.29 is 23.5 Å². The minimum Gasteiger partial charge on any atom is -0.452 e. The smallest absolute Gasteiger partial charge is 0.309 e. The largest absolute Gasteiger partial charge is 0.452 e. The second-order valence-corrected chi connectivity index (χ2v) is 8.53. The van der Waals surface area contributed by atoms with Crippen molar-refractivity contribution >= 4 is 17.8 Å². The zero-order valence-corrected chi connectivity index (χ0v) is 18.0. The molecule has 0 aliphatic carbocycles. The van der Waals surface area contributed by atoms with Crippen molar-refractivity contribution in [3.8, 4) is 0 Å². The monoisotopic (exact) mass is 418 g/mol. The molecular weight excluding hydrogens is 387 g/mol. The molecule has 30 heavy (non-hydrogen) atoms. The van der Waals surface area contributed by atoms with Crippen LogP contribution in [-0.4, -0.2) is 58.9 Å². The van der Waals surface area contributed by atoms with Crippen LogP contribution in [0.3, 0.4) is 0 Å². The summed E-state index contributed by atoms with van der Waals surface area (Å²) in [5.41, 5.74) is 0.432. The lowest BCUT2D eigenvalue weighted by Crippen LogP contribution is -2.52. The molecule has 0 saturated carbocycles. The van der Waals surface area contributed by atoms with Gasteiger partial charge < -0.3 is 14.5 Å². The van der Waals surface area contributed by atoms with Gasteiger partial charge in [0.25, 0.3) is 11.8 Å². The zero-order valence-electron chi connectivity index (χ0n) is 18.0. The van der Waals surface area contributed by atoms with E-state index in [0.29, 0.717) is 31.5 Å². The van der Waals surface area contributed by atoms with E-state index in [0.717, 1.165) is 19.3 Å². The molecule has 0 unspecified atom stereocenters. The van der Waals surface area contributed by atoms with E-state index in [4.69, 9.17) is 4.74 Å². The van der Waals surface area contributed by atoms with Gasteiger partial charge in [0.2, 0.25) is 0 Å². The third-order valence-corrected chi connectivity index (χ3v) is 6.30. The van der Waals surface area contributed by atoms with Crippen molar-refractivity contribution in [1.29, 1.82) is 0 Å². The van der Waals surface area contributed by atoms with Crippen molar-refractivity contribution in [1.82, 2.24) is 9.80 Å². The molecule has 2 saturated heterocycles. The highest BCUT2D eigenvalue weighted by Gasteiger charge is 2.35. The lowest BCUT2D eigenvalue weighted by molar-refractivity contribution is -0.166. The molecule has 2 fully saturated rings. The van der Waals surface area contributed by atoms with Crippen LogP contribution in [0.4, 0.5) is 4.39 Å². The molecule has 2 aliphatic heterocycles. The van der Waals surface area contributed by atoms with Crippen LogP contribution < -0.4 is 0 Å². The fraction of sp³-hybridized carbons (Fsp3) is 0.609. The Morgan fingerprint density at radius 3 is 2.13 bits per heavy atom. The molecule has 1 aromatic rings. The van der Waals surface area contributed by atoms with E-state index in [1.807, 2.05) is 18.7 Å². The molecular formula is C23H31FN2O4. The van der Waals surface area contributed by atoms with Crippen LogP contribution in [0.2, 0.25) is 0 Å². The molecule has 3 atom stereocenters. The fourth-order valence-electron chi connectivity index (χ4n) is 4.48. The van der Waals surface area contributed by atoms with Crippen LogP contribution in [0.1, 0.15) is 63.2 Å². The molecule has 2 aliphatic rings. The molecule has 1 aromatic carbocycles. The number of nitrogens with zero attached hydrogens (tertiary/aromatic N) is 2. The van der Waals surface area contributed by atoms with E-state index in [9.17, 15) is 18.8 Å². The predicted molar refractivity (Wildman–Crippen MR) is 110 cm³/mol. The first-order valence-corrected chi connectivity index (χ1v) is 10.9. The van der Waals surface area contributed by atoms with E-state index in [-0.39, 0.29) is 41.6 Å². The number of hydrogen-bond acceptors (Lipinski definition) is 4. The fourth-order valence-corrected chi connectivity index (χ4v) is 4.48. The van der Waals surface area contributed by atoms with Gasteiger partial charge in [-0.25, -0.2) is 4.39 Å². The molecule has 0 radical (unpaired) electrons. The van der Waals surface area contributed by atoms with Crippen molar-refractivity contribution in [3.63, 3.8) is 0 Å². The minimum atomic E-state index is -0.806. The van der Waals surface area contributed by atoms with Gasteiger partial charge in [0.15, 0.2) is 6.10 Å². The Balaban J connectivity index is 1.50. The van der Waals surface area contributed by atoms with Crippen LogP contribution >= 0.6 is 0 Å². The summed E-state index contributed by atoms with van der Waals surface area (Å²) in [7, 11) is 0. The molecule has 164 valence electrons. The Labute approximate surface area is 177 Å². The van der Waals surface area contributed by atoms with Gasteiger partial charge in [0, 0.05) is 30.7 Å². The van der Waals surface area contributed by atoms with Gasteiger partial charge >= 0.3 is 5.97 Å². The lowest BCUT2D eigenvalue weighted by atomic mass is 9.96. The molecule has 0 N–H and O–H groups in total. The van der Waals surface area contributed by atoms with E-state index < -0.39 is 6.10 Å².